The molecule has 1 amide bonds. The van der Waals surface area contributed by atoms with Crippen LogP contribution in [0.1, 0.15) is 43.2 Å². The first-order valence-electron chi connectivity index (χ1n) is 10.5. The van der Waals surface area contributed by atoms with Gasteiger partial charge < -0.3 is 15.8 Å². The molecule has 0 aromatic heterocycles. The Balaban J connectivity index is 1.36. The number of carbonyl (C=O) groups is 1. The van der Waals surface area contributed by atoms with Crippen LogP contribution in [-0.2, 0) is 22.7 Å². The van der Waals surface area contributed by atoms with Crippen molar-refractivity contribution in [1.29, 1.82) is 0 Å². The molecule has 28 heavy (non-hydrogen) atoms. The average Bonchev–Trinajstić information content (AvgIpc) is 2.70. The number of nitrogens with one attached hydrogen (secondary N) is 1. The number of para-hydroxylation sites is 1. The van der Waals surface area contributed by atoms with Gasteiger partial charge in [-0.25, -0.2) is 0 Å². The lowest BCUT2D eigenvalue weighted by molar-refractivity contribution is -0.122. The summed E-state index contributed by atoms with van der Waals surface area (Å²) >= 11 is 0. The van der Waals surface area contributed by atoms with Crippen molar-refractivity contribution in [2.75, 3.05) is 5.32 Å². The number of fused-ring (bicyclic) bond motifs is 2. The van der Waals surface area contributed by atoms with E-state index in [0.29, 0.717) is 25.0 Å². The topological polar surface area (TPSA) is 64.4 Å². The van der Waals surface area contributed by atoms with Gasteiger partial charge in [0.05, 0.1) is 13.2 Å². The number of carbonyl (C=O) groups excluding carboxylic acids is 1. The van der Waals surface area contributed by atoms with Crippen LogP contribution >= 0.6 is 0 Å². The highest BCUT2D eigenvalue weighted by Gasteiger charge is 2.40. The van der Waals surface area contributed by atoms with E-state index in [1.807, 2.05) is 42.5 Å². The molecular formula is C24H30N2O2. The molecule has 2 aromatic carbocycles. The van der Waals surface area contributed by atoms with Crippen LogP contribution in [0.25, 0.3) is 0 Å². The van der Waals surface area contributed by atoms with Crippen molar-refractivity contribution in [1.82, 2.24) is 0 Å². The Labute approximate surface area is 167 Å². The molecule has 2 aliphatic carbocycles. The second kappa shape index (κ2) is 8.89. The van der Waals surface area contributed by atoms with Crippen molar-refractivity contribution < 1.29 is 9.53 Å². The third-order valence-corrected chi connectivity index (χ3v) is 6.43. The fraction of sp³-hybridized carbons (Fsp3) is 0.458. The summed E-state index contributed by atoms with van der Waals surface area (Å²) in [6.07, 6.45) is 5.46. The lowest BCUT2D eigenvalue weighted by Crippen LogP contribution is -2.48. The molecule has 2 aromatic rings. The van der Waals surface area contributed by atoms with Crippen molar-refractivity contribution in [3.8, 4) is 0 Å². The highest BCUT2D eigenvalue weighted by Crippen LogP contribution is 2.42. The van der Waals surface area contributed by atoms with Crippen LogP contribution in [0.3, 0.4) is 0 Å². The Morgan fingerprint density at radius 1 is 0.964 bits per heavy atom. The van der Waals surface area contributed by atoms with Crippen LogP contribution in [-0.4, -0.2) is 11.9 Å². The second-order valence-corrected chi connectivity index (χ2v) is 8.32. The van der Waals surface area contributed by atoms with E-state index in [2.05, 4.69) is 17.4 Å². The average molecular weight is 379 g/mol. The monoisotopic (exact) mass is 378 g/mol. The molecular weight excluding hydrogens is 348 g/mol. The molecule has 0 heterocycles. The highest BCUT2D eigenvalue weighted by molar-refractivity contribution is 5.93. The van der Waals surface area contributed by atoms with Crippen molar-refractivity contribution in [2.45, 2.75) is 51.4 Å². The van der Waals surface area contributed by atoms with Crippen molar-refractivity contribution in [3.05, 3.63) is 65.7 Å². The number of rotatable bonds is 6. The normalized spacial score (nSPS) is 26.6. The Hall–Kier alpha value is -2.17. The smallest absolute Gasteiger partial charge is 0.227 e. The summed E-state index contributed by atoms with van der Waals surface area (Å²) in [6.45, 7) is 1.04. The summed E-state index contributed by atoms with van der Waals surface area (Å²) in [7, 11) is 0. The Bertz CT molecular complexity index is 778. The molecule has 2 unspecified atom stereocenters. The molecule has 2 fully saturated rings. The van der Waals surface area contributed by atoms with Crippen LogP contribution in [0.4, 0.5) is 5.69 Å². The molecule has 0 spiro atoms. The van der Waals surface area contributed by atoms with Crippen molar-refractivity contribution in [3.63, 3.8) is 0 Å². The molecule has 0 saturated heterocycles. The van der Waals surface area contributed by atoms with Gasteiger partial charge in [-0.05, 0) is 49.1 Å². The Morgan fingerprint density at radius 3 is 2.39 bits per heavy atom. The van der Waals surface area contributed by atoms with Crippen LogP contribution < -0.4 is 11.1 Å². The van der Waals surface area contributed by atoms with Crippen LogP contribution in [0.2, 0.25) is 0 Å². The summed E-state index contributed by atoms with van der Waals surface area (Å²) in [5.74, 6) is 1.23. The molecule has 0 radical (unpaired) electrons. The molecule has 4 rings (SSSR count). The van der Waals surface area contributed by atoms with Gasteiger partial charge in [-0.2, -0.15) is 0 Å². The molecule has 2 aliphatic rings. The van der Waals surface area contributed by atoms with Gasteiger partial charge in [-0.15, -0.1) is 0 Å². The zero-order valence-corrected chi connectivity index (χ0v) is 16.3. The zero-order chi connectivity index (χ0) is 19.3. The number of benzene rings is 2. The van der Waals surface area contributed by atoms with Crippen LogP contribution in [0.5, 0.6) is 0 Å². The molecule has 4 heteroatoms. The van der Waals surface area contributed by atoms with E-state index in [-0.39, 0.29) is 17.9 Å². The second-order valence-electron chi connectivity index (χ2n) is 8.32. The van der Waals surface area contributed by atoms with E-state index in [9.17, 15) is 4.79 Å². The minimum Gasteiger partial charge on any atom is -0.372 e. The summed E-state index contributed by atoms with van der Waals surface area (Å²) in [5, 5.41) is 3.17. The van der Waals surface area contributed by atoms with Gasteiger partial charge in [-0.1, -0.05) is 55.0 Å². The molecule has 2 saturated carbocycles. The number of anilines is 1. The zero-order valence-electron chi connectivity index (χ0n) is 16.3. The first-order chi connectivity index (χ1) is 13.7. The molecule has 2 atom stereocenters. The molecule has 3 N–H and O–H groups in total. The van der Waals surface area contributed by atoms with Gasteiger partial charge >= 0.3 is 0 Å². The van der Waals surface area contributed by atoms with Gasteiger partial charge in [0, 0.05) is 23.2 Å². The van der Waals surface area contributed by atoms with Crippen LogP contribution in [0, 0.1) is 17.8 Å². The number of ether oxygens (including phenoxy) is 1. The quantitative estimate of drug-likeness (QED) is 0.778. The Kier molecular flexibility index (Phi) is 6.08. The summed E-state index contributed by atoms with van der Waals surface area (Å²) in [5.41, 5.74) is 9.40. The van der Waals surface area contributed by atoms with Crippen molar-refractivity contribution >= 4 is 11.6 Å². The molecule has 2 bridgehead atoms. The SMILES string of the molecule is NC1C2CCCC1CC(C(=O)Nc1ccccc1COCc1ccccc1)C2. The third-order valence-electron chi connectivity index (χ3n) is 6.43. The lowest BCUT2D eigenvalue weighted by atomic mass is 9.65. The van der Waals surface area contributed by atoms with E-state index in [1.165, 1.54) is 19.3 Å². The van der Waals surface area contributed by atoms with Gasteiger partial charge in [0.15, 0.2) is 0 Å². The molecule has 4 nitrogen and oxygen atoms in total. The minimum absolute atomic E-state index is 0.0772. The summed E-state index contributed by atoms with van der Waals surface area (Å²) in [6, 6.07) is 18.4. The number of hydrogen-bond acceptors (Lipinski definition) is 3. The molecule has 0 aliphatic heterocycles. The fourth-order valence-electron chi connectivity index (χ4n) is 4.86. The first kappa shape index (κ1) is 19.2. The van der Waals surface area contributed by atoms with Crippen molar-refractivity contribution in [2.24, 2.45) is 23.5 Å². The van der Waals surface area contributed by atoms with E-state index < -0.39 is 0 Å². The maximum absolute atomic E-state index is 13.0. The standard InChI is InChI=1S/C24H30N2O2/c25-23-18-10-6-11-19(23)14-21(13-18)24(27)26-22-12-5-4-9-20(22)16-28-15-17-7-2-1-3-8-17/h1-5,7-9,12,18-19,21,23H,6,10-11,13-16,25H2,(H,26,27). The van der Waals surface area contributed by atoms with E-state index >= 15 is 0 Å². The summed E-state index contributed by atoms with van der Waals surface area (Å²) < 4.78 is 5.88. The van der Waals surface area contributed by atoms with Gasteiger partial charge in [0.1, 0.15) is 0 Å². The van der Waals surface area contributed by atoms with Gasteiger partial charge in [0.2, 0.25) is 5.91 Å². The number of hydrogen-bond donors (Lipinski definition) is 2. The van der Waals surface area contributed by atoms with Crippen LogP contribution in [0.15, 0.2) is 54.6 Å². The first-order valence-corrected chi connectivity index (χ1v) is 10.5. The van der Waals surface area contributed by atoms with Gasteiger partial charge in [-0.3, -0.25) is 4.79 Å². The van der Waals surface area contributed by atoms with E-state index in [1.54, 1.807) is 0 Å². The van der Waals surface area contributed by atoms with E-state index in [4.69, 9.17) is 10.5 Å². The minimum atomic E-state index is 0.0772. The largest absolute Gasteiger partial charge is 0.372 e. The van der Waals surface area contributed by atoms with E-state index in [0.717, 1.165) is 29.7 Å². The molecule has 148 valence electrons. The number of nitrogens with two attached hydrogens (primary N) is 1. The highest BCUT2D eigenvalue weighted by atomic mass is 16.5. The maximum Gasteiger partial charge on any atom is 0.227 e. The maximum atomic E-state index is 13.0. The number of amides is 1. The lowest BCUT2D eigenvalue weighted by Gasteiger charge is -2.43. The van der Waals surface area contributed by atoms with Gasteiger partial charge in [0.25, 0.3) is 0 Å². The fourth-order valence-corrected chi connectivity index (χ4v) is 4.86. The Morgan fingerprint density at radius 2 is 1.64 bits per heavy atom. The summed E-state index contributed by atoms with van der Waals surface area (Å²) in [4.78, 5) is 13.0. The predicted octanol–water partition coefficient (Wildman–Crippen LogP) is 4.50. The third kappa shape index (κ3) is 4.45. The predicted molar refractivity (Wildman–Crippen MR) is 112 cm³/mol.